The quantitative estimate of drug-likeness (QED) is 0.538. The van der Waals surface area contributed by atoms with Gasteiger partial charge in [-0.05, 0) is 54.0 Å². The summed E-state index contributed by atoms with van der Waals surface area (Å²) in [6.45, 7) is 10.9. The summed E-state index contributed by atoms with van der Waals surface area (Å²) in [6, 6.07) is 0.575. The summed E-state index contributed by atoms with van der Waals surface area (Å²) < 4.78 is 34.3. The van der Waals surface area contributed by atoms with Crippen molar-refractivity contribution < 1.29 is 37.8 Å². The number of ketones is 1. The van der Waals surface area contributed by atoms with E-state index in [0.717, 1.165) is 4.90 Å². The van der Waals surface area contributed by atoms with Crippen LogP contribution >= 0.6 is 0 Å². The van der Waals surface area contributed by atoms with Crippen LogP contribution in [-0.2, 0) is 27.3 Å². The van der Waals surface area contributed by atoms with Gasteiger partial charge in [0.15, 0.2) is 17.4 Å². The minimum atomic E-state index is -0.899. The molecule has 0 spiro atoms. The third-order valence-corrected chi connectivity index (χ3v) is 7.04. The van der Waals surface area contributed by atoms with Crippen molar-refractivity contribution >= 4 is 29.7 Å². The summed E-state index contributed by atoms with van der Waals surface area (Å²) in [5.74, 6) is -1.72. The molecule has 0 aromatic carbocycles. The highest BCUT2D eigenvalue weighted by Crippen LogP contribution is 2.38. The van der Waals surface area contributed by atoms with E-state index in [-0.39, 0.29) is 41.6 Å². The van der Waals surface area contributed by atoms with E-state index in [9.17, 15) is 19.2 Å². The number of anilines is 1. The second-order valence-electron chi connectivity index (χ2n) is 12.7. The Bertz CT molecular complexity index is 1460. The number of hydrogen-bond acceptors (Lipinski definition) is 9. The number of halogens is 1. The molecular formula is C29H36FN5O7. The topological polar surface area (TPSA) is 141 Å². The average Bonchev–Trinajstić information content (AvgIpc) is 3.54. The first-order chi connectivity index (χ1) is 19.6. The number of ether oxygens (including phenoxy) is 3. The van der Waals surface area contributed by atoms with E-state index in [4.69, 9.17) is 14.2 Å². The Kier molecular flexibility index (Phi) is 7.50. The minimum absolute atomic E-state index is 0.0141. The smallest absolute Gasteiger partial charge is 0.417 e. The van der Waals surface area contributed by atoms with E-state index in [1.807, 2.05) is 0 Å². The first-order valence-electron chi connectivity index (χ1n) is 14.0. The molecule has 2 aromatic rings. The monoisotopic (exact) mass is 585 g/mol. The van der Waals surface area contributed by atoms with Gasteiger partial charge >= 0.3 is 12.2 Å². The van der Waals surface area contributed by atoms with Gasteiger partial charge in [-0.25, -0.2) is 23.9 Å². The lowest BCUT2D eigenvalue weighted by molar-refractivity contribution is 0.0246. The van der Waals surface area contributed by atoms with Gasteiger partial charge in [0.05, 0.1) is 42.2 Å². The van der Waals surface area contributed by atoms with Gasteiger partial charge in [-0.3, -0.25) is 9.59 Å². The minimum Gasteiger partial charge on any atom is -0.444 e. The zero-order chi connectivity index (χ0) is 30.6. The highest BCUT2D eigenvalue weighted by Gasteiger charge is 2.41. The third kappa shape index (κ3) is 5.96. The van der Waals surface area contributed by atoms with E-state index >= 15 is 4.39 Å². The number of nitrogens with zero attached hydrogens (tertiary/aromatic N) is 3. The molecule has 3 aliphatic heterocycles. The number of amides is 3. The Morgan fingerprint density at radius 1 is 1.10 bits per heavy atom. The standard InChI is InChI=1S/C29H36FN5O7/c1-28(2,3)41-26(38)32-18-14-40-10-8-17(18)31-24-22(30)16-13-35(27(39)42-29(4,5)6)25(37)21(16)23(33-24)15-11-19-20(36)7-9-34(19)12-15/h11-12,17-18H,7-10,13-14H2,1-6H3,(H,31,33)(H,32,38)/t17-,18+/m1/s1. The number of carbonyl (C=O) groups is 4. The summed E-state index contributed by atoms with van der Waals surface area (Å²) >= 11 is 0. The zero-order valence-electron chi connectivity index (χ0n) is 24.6. The molecule has 3 amide bonds. The predicted octanol–water partition coefficient (Wildman–Crippen LogP) is 4.26. The summed E-state index contributed by atoms with van der Waals surface area (Å²) in [7, 11) is 0. The largest absolute Gasteiger partial charge is 0.444 e. The van der Waals surface area contributed by atoms with Crippen LogP contribution in [0.3, 0.4) is 0 Å². The van der Waals surface area contributed by atoms with Crippen LogP contribution in [0.5, 0.6) is 0 Å². The number of carbonyl (C=O) groups excluding carboxylic acids is 4. The fourth-order valence-corrected chi connectivity index (χ4v) is 5.22. The summed E-state index contributed by atoms with van der Waals surface area (Å²) in [5, 5.41) is 5.89. The van der Waals surface area contributed by atoms with Gasteiger partial charge in [0.25, 0.3) is 5.91 Å². The second kappa shape index (κ2) is 10.7. The molecule has 0 bridgehead atoms. The van der Waals surface area contributed by atoms with Crippen molar-refractivity contribution in [2.45, 2.75) is 90.8 Å². The number of hydrogen-bond donors (Lipinski definition) is 2. The zero-order valence-corrected chi connectivity index (χ0v) is 24.6. The molecule has 226 valence electrons. The van der Waals surface area contributed by atoms with Crippen molar-refractivity contribution in [3.8, 4) is 11.3 Å². The van der Waals surface area contributed by atoms with E-state index in [1.54, 1.807) is 58.4 Å². The number of fused-ring (bicyclic) bond motifs is 2. The van der Waals surface area contributed by atoms with Crippen LogP contribution in [0.2, 0.25) is 0 Å². The normalized spacial score (nSPS) is 20.3. The van der Waals surface area contributed by atoms with Gasteiger partial charge in [0, 0.05) is 36.9 Å². The molecule has 2 aromatic heterocycles. The van der Waals surface area contributed by atoms with Crippen LogP contribution in [0.15, 0.2) is 12.3 Å². The highest BCUT2D eigenvalue weighted by molar-refractivity contribution is 6.10. The molecule has 0 aliphatic carbocycles. The summed E-state index contributed by atoms with van der Waals surface area (Å²) in [4.78, 5) is 56.7. The Hall–Kier alpha value is -4.00. The predicted molar refractivity (Wildman–Crippen MR) is 149 cm³/mol. The van der Waals surface area contributed by atoms with Gasteiger partial charge in [-0.1, -0.05) is 0 Å². The third-order valence-electron chi connectivity index (χ3n) is 7.04. The molecule has 2 N–H and O–H groups in total. The molecule has 0 saturated carbocycles. The van der Waals surface area contributed by atoms with Crippen LogP contribution in [0, 0.1) is 5.82 Å². The van der Waals surface area contributed by atoms with E-state index < -0.39 is 47.2 Å². The lowest BCUT2D eigenvalue weighted by Crippen LogP contribution is -2.53. The number of nitrogens with one attached hydrogen (secondary N) is 2. The van der Waals surface area contributed by atoms with Crippen molar-refractivity contribution in [3.05, 3.63) is 34.9 Å². The van der Waals surface area contributed by atoms with Crippen LogP contribution in [0.4, 0.5) is 19.8 Å². The highest BCUT2D eigenvalue weighted by atomic mass is 19.1. The van der Waals surface area contributed by atoms with Gasteiger partial charge in [-0.15, -0.1) is 0 Å². The second-order valence-corrected chi connectivity index (χ2v) is 12.7. The van der Waals surface area contributed by atoms with Crippen molar-refractivity contribution in [3.63, 3.8) is 0 Å². The molecule has 5 rings (SSSR count). The van der Waals surface area contributed by atoms with Gasteiger partial charge in [0.2, 0.25) is 0 Å². The number of Topliss-reactive ketones (excluding diaryl/α,β-unsaturated/α-hetero) is 1. The molecule has 5 heterocycles. The maximum absolute atomic E-state index is 16.1. The van der Waals surface area contributed by atoms with Crippen molar-refractivity contribution in [2.75, 3.05) is 18.5 Å². The fraction of sp³-hybridized carbons (Fsp3) is 0.552. The van der Waals surface area contributed by atoms with E-state index in [2.05, 4.69) is 15.6 Å². The molecule has 1 saturated heterocycles. The first-order valence-corrected chi connectivity index (χ1v) is 14.0. The average molecular weight is 586 g/mol. The molecule has 0 unspecified atom stereocenters. The van der Waals surface area contributed by atoms with Crippen LogP contribution < -0.4 is 10.6 Å². The Labute approximate surface area is 242 Å². The molecule has 1 fully saturated rings. The molecule has 0 radical (unpaired) electrons. The maximum atomic E-state index is 16.1. The molecule has 13 heteroatoms. The number of aromatic nitrogens is 2. The van der Waals surface area contributed by atoms with Gasteiger partial charge < -0.3 is 29.4 Å². The van der Waals surface area contributed by atoms with Crippen LogP contribution in [0.1, 0.15) is 80.8 Å². The number of aryl methyl sites for hydroxylation is 1. The summed E-state index contributed by atoms with van der Waals surface area (Å²) in [5.41, 5.74) is -0.593. The molecule has 2 atom stereocenters. The molecule has 42 heavy (non-hydrogen) atoms. The van der Waals surface area contributed by atoms with E-state index in [0.29, 0.717) is 37.3 Å². The Morgan fingerprint density at radius 3 is 2.48 bits per heavy atom. The number of rotatable bonds is 4. The maximum Gasteiger partial charge on any atom is 0.417 e. The Balaban J connectivity index is 1.52. The number of imide groups is 1. The van der Waals surface area contributed by atoms with Crippen molar-refractivity contribution in [1.29, 1.82) is 0 Å². The number of alkyl carbamates (subject to hydrolysis) is 1. The van der Waals surface area contributed by atoms with Gasteiger partial charge in [-0.2, -0.15) is 0 Å². The van der Waals surface area contributed by atoms with Crippen LogP contribution in [0.25, 0.3) is 11.3 Å². The Morgan fingerprint density at radius 2 is 1.81 bits per heavy atom. The van der Waals surface area contributed by atoms with Crippen molar-refractivity contribution in [2.24, 2.45) is 0 Å². The molecule has 12 nitrogen and oxygen atoms in total. The SMILES string of the molecule is CC(C)(C)OC(=O)N[C@H]1COCC[C@H]1Nc1nc(-c2cc3n(c2)CCC3=O)c2c(c1F)CN(C(=O)OC(C)(C)C)C2=O. The number of pyridine rings is 1. The fourth-order valence-electron chi connectivity index (χ4n) is 5.22. The molecular weight excluding hydrogens is 549 g/mol. The first kappa shape index (κ1) is 29.5. The summed E-state index contributed by atoms with van der Waals surface area (Å²) in [6.07, 6.45) is 0.961. The lowest BCUT2D eigenvalue weighted by Gasteiger charge is -2.33. The van der Waals surface area contributed by atoms with E-state index in [1.165, 1.54) is 0 Å². The van der Waals surface area contributed by atoms with Gasteiger partial charge in [0.1, 0.15) is 11.2 Å². The van der Waals surface area contributed by atoms with Crippen molar-refractivity contribution in [1.82, 2.24) is 19.8 Å². The molecule has 3 aliphatic rings. The lowest BCUT2D eigenvalue weighted by atomic mass is 10.0. The van der Waals surface area contributed by atoms with Crippen LogP contribution in [-0.4, -0.2) is 74.8 Å².